The summed E-state index contributed by atoms with van der Waals surface area (Å²) < 4.78 is 0. The van der Waals surface area contributed by atoms with Gasteiger partial charge in [0.1, 0.15) is 0 Å². The van der Waals surface area contributed by atoms with Gasteiger partial charge >= 0.3 is 0 Å². The zero-order valence-electron chi connectivity index (χ0n) is 18.4. The number of amides is 1. The third-order valence-electron chi connectivity index (χ3n) is 7.32. The number of halogens is 3. The van der Waals surface area contributed by atoms with E-state index in [1.54, 1.807) is 12.3 Å². The quantitative estimate of drug-likeness (QED) is 0.363. The van der Waals surface area contributed by atoms with Crippen molar-refractivity contribution in [3.63, 3.8) is 0 Å². The van der Waals surface area contributed by atoms with Crippen LogP contribution in [0.25, 0.3) is 0 Å². The topological polar surface area (TPSA) is 94.5 Å². The van der Waals surface area contributed by atoms with E-state index in [1.165, 1.54) is 38.5 Å². The molecule has 9 heteroatoms. The highest BCUT2D eigenvalue weighted by Crippen LogP contribution is 2.59. The molecule has 1 aromatic heterocycles. The van der Waals surface area contributed by atoms with Crippen molar-refractivity contribution in [2.24, 2.45) is 23.2 Å². The average molecular weight is 509 g/mol. The molecule has 6 nitrogen and oxygen atoms in total. The lowest BCUT2D eigenvalue weighted by Crippen LogP contribution is -2.51. The van der Waals surface area contributed by atoms with Gasteiger partial charge in [-0.2, -0.15) is 0 Å². The molecule has 182 valence electrons. The largest absolute Gasteiger partial charge is 0.394 e. The number of hydrogen-bond acceptors (Lipinski definition) is 5. The van der Waals surface area contributed by atoms with Crippen LogP contribution in [-0.2, 0) is 6.42 Å². The van der Waals surface area contributed by atoms with E-state index in [4.69, 9.17) is 16.7 Å². The van der Waals surface area contributed by atoms with E-state index >= 15 is 0 Å². The maximum atomic E-state index is 12.9. The summed E-state index contributed by atoms with van der Waals surface area (Å²) in [6, 6.07) is 1.81. The van der Waals surface area contributed by atoms with Crippen molar-refractivity contribution in [2.45, 2.75) is 57.5 Å². The standard InChI is InChI=1S/C23H34ClN3O3.2ClH/c24-21-12-26-18(2-1-3-25-11-19(29)13-28)7-20(21)22(30)27-14-23-8-15-4-16(9-23)6-17(5-15)10-23;;/h7,12,15-17,19,25,28-29H,1-6,8-11,13-14H2,(H,27,30);2*1H/t15?,16?,17?,19-,23?;;/m0../s1. The molecule has 4 bridgehead atoms. The van der Waals surface area contributed by atoms with Gasteiger partial charge in [0.25, 0.3) is 5.91 Å². The lowest BCUT2D eigenvalue weighted by Gasteiger charge is -2.56. The lowest BCUT2D eigenvalue weighted by atomic mass is 9.49. The number of nitrogens with one attached hydrogen (secondary N) is 2. The molecule has 1 amide bonds. The molecule has 0 saturated heterocycles. The van der Waals surface area contributed by atoms with Crippen molar-refractivity contribution in [3.8, 4) is 0 Å². The van der Waals surface area contributed by atoms with Crippen LogP contribution >= 0.6 is 36.4 Å². The molecule has 1 heterocycles. The van der Waals surface area contributed by atoms with E-state index in [1.807, 2.05) is 0 Å². The Morgan fingerprint density at radius 3 is 2.41 bits per heavy atom. The number of aryl methyl sites for hydroxylation is 1. The van der Waals surface area contributed by atoms with Gasteiger partial charge < -0.3 is 20.8 Å². The van der Waals surface area contributed by atoms with Gasteiger partial charge in [-0.1, -0.05) is 11.6 Å². The first-order valence-corrected chi connectivity index (χ1v) is 11.8. The van der Waals surface area contributed by atoms with Crippen molar-refractivity contribution in [2.75, 3.05) is 26.2 Å². The summed E-state index contributed by atoms with van der Waals surface area (Å²) in [5.74, 6) is 2.52. The number of carbonyl (C=O) groups excluding carboxylic acids is 1. The maximum absolute atomic E-state index is 12.9. The fourth-order valence-corrected chi connectivity index (χ4v) is 6.58. The van der Waals surface area contributed by atoms with Crippen molar-refractivity contribution in [3.05, 3.63) is 28.5 Å². The summed E-state index contributed by atoms with van der Waals surface area (Å²) >= 11 is 6.29. The van der Waals surface area contributed by atoms with Gasteiger partial charge in [0, 0.05) is 25.0 Å². The first-order valence-electron chi connectivity index (χ1n) is 11.4. The molecule has 32 heavy (non-hydrogen) atoms. The summed E-state index contributed by atoms with van der Waals surface area (Å²) in [7, 11) is 0. The molecule has 4 N–H and O–H groups in total. The van der Waals surface area contributed by atoms with Crippen LogP contribution < -0.4 is 10.6 Å². The van der Waals surface area contributed by atoms with Gasteiger partial charge in [0.05, 0.1) is 23.3 Å². The van der Waals surface area contributed by atoms with E-state index in [2.05, 4.69) is 15.6 Å². The molecule has 0 aromatic carbocycles. The Hall–Kier alpha value is -0.630. The molecule has 4 saturated carbocycles. The highest BCUT2D eigenvalue weighted by Gasteiger charge is 2.50. The second-order valence-electron chi connectivity index (χ2n) is 9.90. The maximum Gasteiger partial charge on any atom is 0.252 e. The Balaban J connectivity index is 0.00000181. The minimum Gasteiger partial charge on any atom is -0.394 e. The first kappa shape index (κ1) is 27.6. The molecule has 0 radical (unpaired) electrons. The number of hydrogen-bond donors (Lipinski definition) is 4. The Kier molecular flexibility index (Phi) is 10.5. The molecule has 4 fully saturated rings. The molecule has 1 aromatic rings. The zero-order valence-corrected chi connectivity index (χ0v) is 20.8. The number of pyridine rings is 1. The van der Waals surface area contributed by atoms with Gasteiger partial charge in [0.15, 0.2) is 0 Å². The molecule has 1 atom stereocenters. The number of aliphatic hydroxyl groups is 2. The van der Waals surface area contributed by atoms with Crippen LogP contribution in [0.15, 0.2) is 12.3 Å². The third kappa shape index (κ3) is 6.71. The van der Waals surface area contributed by atoms with Crippen molar-refractivity contribution >= 4 is 42.3 Å². The SMILES string of the molecule is Cl.Cl.O=C(NCC12CC3CC(CC(C3)C1)C2)c1cc(CCCNC[C@H](O)CO)ncc1Cl. The molecule has 0 unspecified atom stereocenters. The van der Waals surface area contributed by atoms with Crippen molar-refractivity contribution in [1.29, 1.82) is 0 Å². The molecule has 0 aliphatic heterocycles. The summed E-state index contributed by atoms with van der Waals surface area (Å²) in [6.45, 7) is 1.59. The van der Waals surface area contributed by atoms with Crippen molar-refractivity contribution in [1.82, 2.24) is 15.6 Å². The predicted molar refractivity (Wildman–Crippen MR) is 131 cm³/mol. The van der Waals surface area contributed by atoms with Crippen LogP contribution in [-0.4, -0.2) is 53.4 Å². The number of rotatable bonds is 10. The third-order valence-corrected chi connectivity index (χ3v) is 7.62. The van der Waals surface area contributed by atoms with Gasteiger partial charge in [0.2, 0.25) is 0 Å². The summed E-state index contributed by atoms with van der Waals surface area (Å²) in [4.78, 5) is 17.3. The number of carbonyl (C=O) groups is 1. The van der Waals surface area contributed by atoms with Gasteiger partial charge in [-0.05, 0) is 87.1 Å². The van der Waals surface area contributed by atoms with Crippen LogP contribution in [0.4, 0.5) is 0 Å². The number of aromatic nitrogens is 1. The van der Waals surface area contributed by atoms with Crippen LogP contribution in [0.2, 0.25) is 5.02 Å². The van der Waals surface area contributed by atoms with Crippen molar-refractivity contribution < 1.29 is 15.0 Å². The zero-order chi connectivity index (χ0) is 21.1. The van der Waals surface area contributed by atoms with Crippen LogP contribution in [0.5, 0.6) is 0 Å². The summed E-state index contributed by atoms with van der Waals surface area (Å²) in [5, 5.41) is 24.8. The fraction of sp³-hybridized carbons (Fsp3) is 0.739. The highest BCUT2D eigenvalue weighted by atomic mass is 35.5. The van der Waals surface area contributed by atoms with Gasteiger partial charge in [-0.25, -0.2) is 0 Å². The predicted octanol–water partition coefficient (Wildman–Crippen LogP) is 3.40. The van der Waals surface area contributed by atoms with Crippen LogP contribution in [0, 0.1) is 23.2 Å². The fourth-order valence-electron chi connectivity index (χ4n) is 6.39. The minimum absolute atomic E-state index is 0. The normalized spacial score (nSPS) is 28.5. The molecular formula is C23H36Cl3N3O3. The molecule has 5 rings (SSSR count). The summed E-state index contributed by atoms with van der Waals surface area (Å²) in [5.41, 5.74) is 1.65. The Bertz CT molecular complexity index is 730. The van der Waals surface area contributed by atoms with Crippen LogP contribution in [0.3, 0.4) is 0 Å². The van der Waals surface area contributed by atoms with Gasteiger partial charge in [-0.15, -0.1) is 24.8 Å². The van der Waals surface area contributed by atoms with E-state index in [0.29, 0.717) is 35.5 Å². The molecule has 4 aliphatic rings. The summed E-state index contributed by atoms with van der Waals surface area (Å²) in [6.07, 6.45) is 10.4. The second-order valence-corrected chi connectivity index (χ2v) is 10.3. The van der Waals surface area contributed by atoms with Gasteiger partial charge in [-0.3, -0.25) is 9.78 Å². The molecular weight excluding hydrogens is 473 g/mol. The first-order chi connectivity index (χ1) is 14.5. The average Bonchev–Trinajstić information content (AvgIpc) is 2.71. The Morgan fingerprint density at radius 2 is 1.81 bits per heavy atom. The second kappa shape index (κ2) is 12.2. The smallest absolute Gasteiger partial charge is 0.252 e. The van der Waals surface area contributed by atoms with E-state index < -0.39 is 6.10 Å². The van der Waals surface area contributed by atoms with E-state index in [0.717, 1.165) is 36.4 Å². The molecule has 4 aliphatic carbocycles. The number of nitrogens with zero attached hydrogens (tertiary/aromatic N) is 1. The minimum atomic E-state index is -0.733. The highest BCUT2D eigenvalue weighted by molar-refractivity contribution is 6.33. The number of aliphatic hydroxyl groups excluding tert-OH is 2. The van der Waals surface area contributed by atoms with E-state index in [-0.39, 0.29) is 37.3 Å². The molecule has 0 spiro atoms. The lowest BCUT2D eigenvalue weighted by molar-refractivity contribution is -0.0503. The van der Waals surface area contributed by atoms with E-state index in [9.17, 15) is 9.90 Å². The Morgan fingerprint density at radius 1 is 1.19 bits per heavy atom. The Labute approximate surface area is 208 Å². The van der Waals surface area contributed by atoms with Crippen LogP contribution in [0.1, 0.15) is 61.0 Å². The monoisotopic (exact) mass is 507 g/mol.